The van der Waals surface area contributed by atoms with Gasteiger partial charge in [0.2, 0.25) is 5.82 Å². The molecule has 1 N–H and O–H groups in total. The van der Waals surface area contributed by atoms with E-state index >= 15 is 0 Å². The maximum atomic E-state index is 12.5. The van der Waals surface area contributed by atoms with Gasteiger partial charge in [0.1, 0.15) is 5.82 Å². The number of nitrogens with zero attached hydrogens (tertiary/aromatic N) is 6. The standard InChI is InChI=1S/C21H20ClN7O/c1-13-10-14(2)28(26-13)19-9-8-16(11-23-19)12-24-21(30)20-25-15(3)29(27-20)18-7-5-4-6-17(18)22/h4-11H,12H2,1-3H3,(H,24,30). The number of carbonyl (C=O) groups is 1. The van der Waals surface area contributed by atoms with E-state index in [-0.39, 0.29) is 11.7 Å². The molecule has 0 saturated heterocycles. The highest BCUT2D eigenvalue weighted by Crippen LogP contribution is 2.20. The SMILES string of the molecule is Cc1cc(C)n(-c2ccc(CNC(=O)c3nc(C)n(-c4ccccc4Cl)n3)cn2)n1. The van der Waals surface area contributed by atoms with Crippen LogP contribution in [-0.4, -0.2) is 35.4 Å². The van der Waals surface area contributed by atoms with Crippen LogP contribution in [0, 0.1) is 20.8 Å². The zero-order valence-corrected chi connectivity index (χ0v) is 17.6. The van der Waals surface area contributed by atoms with Crippen molar-refractivity contribution in [2.24, 2.45) is 0 Å². The van der Waals surface area contributed by atoms with E-state index < -0.39 is 0 Å². The molecular weight excluding hydrogens is 402 g/mol. The Balaban J connectivity index is 1.45. The Morgan fingerprint density at radius 1 is 1.07 bits per heavy atom. The van der Waals surface area contributed by atoms with Crippen molar-refractivity contribution in [2.75, 3.05) is 0 Å². The molecule has 0 atom stereocenters. The predicted molar refractivity (Wildman–Crippen MR) is 113 cm³/mol. The number of amides is 1. The van der Waals surface area contributed by atoms with Gasteiger partial charge >= 0.3 is 0 Å². The van der Waals surface area contributed by atoms with Gasteiger partial charge in [0, 0.05) is 18.4 Å². The molecule has 0 aliphatic heterocycles. The highest BCUT2D eigenvalue weighted by Gasteiger charge is 2.16. The van der Waals surface area contributed by atoms with Gasteiger partial charge in [0.15, 0.2) is 5.82 Å². The first kappa shape index (κ1) is 19.8. The second-order valence-electron chi connectivity index (χ2n) is 6.89. The smallest absolute Gasteiger partial charge is 0.291 e. The Morgan fingerprint density at radius 2 is 1.87 bits per heavy atom. The number of para-hydroxylation sites is 1. The number of benzene rings is 1. The van der Waals surface area contributed by atoms with Crippen molar-refractivity contribution in [2.45, 2.75) is 27.3 Å². The van der Waals surface area contributed by atoms with Crippen molar-refractivity contribution in [1.29, 1.82) is 0 Å². The summed E-state index contributed by atoms with van der Waals surface area (Å²) in [6, 6.07) is 13.0. The topological polar surface area (TPSA) is 90.5 Å². The minimum Gasteiger partial charge on any atom is -0.345 e. The van der Waals surface area contributed by atoms with E-state index in [9.17, 15) is 4.79 Å². The van der Waals surface area contributed by atoms with Crippen molar-refractivity contribution in [3.8, 4) is 11.5 Å². The molecule has 0 spiro atoms. The highest BCUT2D eigenvalue weighted by molar-refractivity contribution is 6.32. The Hall–Kier alpha value is -3.52. The number of aryl methyl sites for hydroxylation is 3. The van der Waals surface area contributed by atoms with Gasteiger partial charge in [0.05, 0.1) is 16.4 Å². The van der Waals surface area contributed by atoms with Crippen LogP contribution in [0.15, 0.2) is 48.7 Å². The van der Waals surface area contributed by atoms with E-state index in [1.807, 2.05) is 50.2 Å². The Bertz CT molecular complexity index is 1210. The molecule has 0 aliphatic carbocycles. The number of carbonyl (C=O) groups excluding carboxylic acids is 1. The van der Waals surface area contributed by atoms with E-state index in [0.29, 0.717) is 23.1 Å². The largest absolute Gasteiger partial charge is 0.345 e. The quantitative estimate of drug-likeness (QED) is 0.533. The van der Waals surface area contributed by atoms with Crippen LogP contribution < -0.4 is 5.32 Å². The maximum absolute atomic E-state index is 12.5. The average molecular weight is 422 g/mol. The molecular formula is C21H20ClN7O. The molecule has 4 aromatic rings. The summed E-state index contributed by atoms with van der Waals surface area (Å²) in [4.78, 5) is 21.2. The molecule has 4 rings (SSSR count). The molecule has 0 aliphatic rings. The lowest BCUT2D eigenvalue weighted by atomic mass is 10.3. The van der Waals surface area contributed by atoms with Crippen molar-refractivity contribution in [3.05, 3.63) is 82.3 Å². The number of hydrogen-bond acceptors (Lipinski definition) is 5. The zero-order valence-electron chi connectivity index (χ0n) is 16.8. The molecule has 0 saturated carbocycles. The Kier molecular flexibility index (Phi) is 5.33. The fourth-order valence-electron chi connectivity index (χ4n) is 3.11. The molecule has 1 amide bonds. The summed E-state index contributed by atoms with van der Waals surface area (Å²) >= 11 is 6.23. The Labute approximate surface area is 178 Å². The van der Waals surface area contributed by atoms with E-state index in [1.165, 1.54) is 0 Å². The van der Waals surface area contributed by atoms with Gasteiger partial charge in [0.25, 0.3) is 5.91 Å². The van der Waals surface area contributed by atoms with Crippen molar-refractivity contribution >= 4 is 17.5 Å². The molecule has 3 aromatic heterocycles. The second-order valence-corrected chi connectivity index (χ2v) is 7.30. The van der Waals surface area contributed by atoms with Crippen molar-refractivity contribution in [1.82, 2.24) is 34.8 Å². The van der Waals surface area contributed by atoms with Crippen LogP contribution in [0.3, 0.4) is 0 Å². The molecule has 8 nitrogen and oxygen atoms in total. The van der Waals surface area contributed by atoms with Gasteiger partial charge in [-0.1, -0.05) is 29.8 Å². The number of pyridine rings is 1. The van der Waals surface area contributed by atoms with Crippen molar-refractivity contribution < 1.29 is 4.79 Å². The summed E-state index contributed by atoms with van der Waals surface area (Å²) in [7, 11) is 0. The highest BCUT2D eigenvalue weighted by atomic mass is 35.5. The minimum atomic E-state index is -0.369. The number of nitrogens with one attached hydrogen (secondary N) is 1. The van der Waals surface area contributed by atoms with Crippen LogP contribution >= 0.6 is 11.6 Å². The first-order chi connectivity index (χ1) is 14.4. The van der Waals surface area contributed by atoms with E-state index in [2.05, 4.69) is 25.5 Å². The molecule has 0 unspecified atom stereocenters. The molecule has 3 heterocycles. The van der Waals surface area contributed by atoms with E-state index in [0.717, 1.165) is 22.8 Å². The molecule has 152 valence electrons. The van der Waals surface area contributed by atoms with Gasteiger partial charge in [-0.25, -0.2) is 19.3 Å². The number of aromatic nitrogens is 6. The summed E-state index contributed by atoms with van der Waals surface area (Å²) in [5.74, 6) is 1.02. The minimum absolute atomic E-state index is 0.0830. The molecule has 9 heteroatoms. The molecule has 0 fully saturated rings. The maximum Gasteiger partial charge on any atom is 0.291 e. The predicted octanol–water partition coefficient (Wildman–Crippen LogP) is 3.36. The fourth-order valence-corrected chi connectivity index (χ4v) is 3.32. The van der Waals surface area contributed by atoms with Gasteiger partial charge in [-0.15, -0.1) is 5.10 Å². The summed E-state index contributed by atoms with van der Waals surface area (Å²) in [6.45, 7) is 6.00. The van der Waals surface area contributed by atoms with Gasteiger partial charge in [-0.3, -0.25) is 4.79 Å². The molecule has 0 radical (unpaired) electrons. The summed E-state index contributed by atoms with van der Waals surface area (Å²) < 4.78 is 3.34. The van der Waals surface area contributed by atoms with Gasteiger partial charge in [-0.05, 0) is 50.6 Å². The third-order valence-electron chi connectivity index (χ3n) is 4.54. The third-order valence-corrected chi connectivity index (χ3v) is 4.86. The summed E-state index contributed by atoms with van der Waals surface area (Å²) in [6.07, 6.45) is 1.72. The molecule has 30 heavy (non-hydrogen) atoms. The van der Waals surface area contributed by atoms with Crippen LogP contribution in [0.1, 0.15) is 33.4 Å². The van der Waals surface area contributed by atoms with Gasteiger partial charge in [-0.2, -0.15) is 5.10 Å². The molecule has 1 aromatic carbocycles. The number of hydrogen-bond donors (Lipinski definition) is 1. The van der Waals surface area contributed by atoms with Gasteiger partial charge < -0.3 is 5.32 Å². The van der Waals surface area contributed by atoms with Crippen LogP contribution in [-0.2, 0) is 6.54 Å². The average Bonchev–Trinajstić information content (AvgIpc) is 3.28. The van der Waals surface area contributed by atoms with E-state index in [4.69, 9.17) is 11.6 Å². The summed E-state index contributed by atoms with van der Waals surface area (Å²) in [5.41, 5.74) is 3.48. The van der Waals surface area contributed by atoms with Crippen LogP contribution in [0.25, 0.3) is 11.5 Å². The fraction of sp³-hybridized carbons (Fsp3) is 0.190. The Morgan fingerprint density at radius 3 is 2.53 bits per heavy atom. The van der Waals surface area contributed by atoms with E-state index in [1.54, 1.807) is 28.6 Å². The lowest BCUT2D eigenvalue weighted by Crippen LogP contribution is -2.24. The number of halogens is 1. The zero-order chi connectivity index (χ0) is 21.3. The monoisotopic (exact) mass is 421 g/mol. The lowest BCUT2D eigenvalue weighted by Gasteiger charge is -2.06. The third kappa shape index (κ3) is 3.95. The van der Waals surface area contributed by atoms with Crippen molar-refractivity contribution in [3.63, 3.8) is 0 Å². The van der Waals surface area contributed by atoms with Crippen LogP contribution in [0.5, 0.6) is 0 Å². The number of rotatable bonds is 5. The van der Waals surface area contributed by atoms with Crippen LogP contribution in [0.4, 0.5) is 0 Å². The first-order valence-corrected chi connectivity index (χ1v) is 9.75. The normalized spacial score (nSPS) is 10.9. The first-order valence-electron chi connectivity index (χ1n) is 9.37. The van der Waals surface area contributed by atoms with Crippen LogP contribution in [0.2, 0.25) is 5.02 Å². The lowest BCUT2D eigenvalue weighted by molar-refractivity contribution is 0.0940. The summed E-state index contributed by atoms with van der Waals surface area (Å²) in [5, 5.41) is 12.1. The second kappa shape index (κ2) is 8.08. The molecule has 0 bridgehead atoms.